The van der Waals surface area contributed by atoms with Crippen molar-refractivity contribution in [3.63, 3.8) is 0 Å². The highest BCUT2D eigenvalue weighted by molar-refractivity contribution is 7.80. The van der Waals surface area contributed by atoms with Gasteiger partial charge in [0.15, 0.2) is 5.11 Å². The van der Waals surface area contributed by atoms with Crippen molar-refractivity contribution in [3.8, 4) is 0 Å². The number of nitrogens with one attached hydrogen (secondary N) is 1. The van der Waals surface area contributed by atoms with Crippen LogP contribution < -0.4 is 5.32 Å². The lowest BCUT2D eigenvalue weighted by Gasteiger charge is -2.35. The molecular weight excluding hydrogens is 264 g/mol. The van der Waals surface area contributed by atoms with Crippen LogP contribution in [0.4, 0.5) is 0 Å². The molecule has 5 heteroatoms. The van der Waals surface area contributed by atoms with Crippen LogP contribution in [-0.4, -0.2) is 36.8 Å². The molecule has 18 heavy (non-hydrogen) atoms. The lowest BCUT2D eigenvalue weighted by atomic mass is 10.0. The summed E-state index contributed by atoms with van der Waals surface area (Å²) in [5.74, 6) is 0. The zero-order valence-corrected chi connectivity index (χ0v) is 12.6. The number of thiophene rings is 1. The van der Waals surface area contributed by atoms with Crippen LogP contribution >= 0.6 is 23.6 Å². The first-order valence-corrected chi connectivity index (χ1v) is 7.62. The summed E-state index contributed by atoms with van der Waals surface area (Å²) in [5.41, 5.74) is 1.44. The minimum atomic E-state index is 0.391. The van der Waals surface area contributed by atoms with Crippen molar-refractivity contribution in [3.05, 3.63) is 21.9 Å². The van der Waals surface area contributed by atoms with Crippen molar-refractivity contribution >= 4 is 28.7 Å². The molecule has 0 radical (unpaired) electrons. The molecule has 0 saturated heterocycles. The Labute approximate surface area is 118 Å². The lowest BCUT2D eigenvalue weighted by molar-refractivity contribution is 0.195. The molecule has 1 N–H and O–H groups in total. The second kappa shape index (κ2) is 6.50. The molecule has 1 atom stereocenters. The van der Waals surface area contributed by atoms with Gasteiger partial charge in [-0.3, -0.25) is 0 Å². The smallest absolute Gasteiger partial charge is 0.169 e. The SMILES string of the molecule is COCCCNC(=S)N1CCc2sccc2C1C. The van der Waals surface area contributed by atoms with E-state index in [9.17, 15) is 0 Å². The van der Waals surface area contributed by atoms with Gasteiger partial charge in [0.1, 0.15) is 0 Å². The predicted octanol–water partition coefficient (Wildman–Crippen LogP) is 2.58. The minimum absolute atomic E-state index is 0.391. The van der Waals surface area contributed by atoms with Gasteiger partial charge in [0.25, 0.3) is 0 Å². The van der Waals surface area contributed by atoms with Crippen LogP contribution in [0.3, 0.4) is 0 Å². The van der Waals surface area contributed by atoms with Gasteiger partial charge in [0.05, 0.1) is 6.04 Å². The van der Waals surface area contributed by atoms with Gasteiger partial charge in [-0.25, -0.2) is 0 Å². The fraction of sp³-hybridized carbons (Fsp3) is 0.615. The fourth-order valence-electron chi connectivity index (χ4n) is 2.30. The van der Waals surface area contributed by atoms with E-state index in [1.54, 1.807) is 7.11 Å². The molecule has 1 aromatic heterocycles. The molecule has 0 aromatic carbocycles. The van der Waals surface area contributed by atoms with Crippen molar-refractivity contribution in [1.29, 1.82) is 0 Å². The third-order valence-corrected chi connectivity index (χ3v) is 4.71. The number of hydrogen-bond acceptors (Lipinski definition) is 3. The maximum Gasteiger partial charge on any atom is 0.169 e. The summed E-state index contributed by atoms with van der Waals surface area (Å²) >= 11 is 7.34. The van der Waals surface area contributed by atoms with E-state index in [4.69, 9.17) is 17.0 Å². The van der Waals surface area contributed by atoms with Gasteiger partial charge in [0.2, 0.25) is 0 Å². The Morgan fingerprint density at radius 2 is 2.50 bits per heavy atom. The third kappa shape index (κ3) is 3.02. The van der Waals surface area contributed by atoms with E-state index in [0.29, 0.717) is 6.04 Å². The summed E-state index contributed by atoms with van der Waals surface area (Å²) in [7, 11) is 1.73. The molecule has 0 aliphatic carbocycles. The van der Waals surface area contributed by atoms with E-state index in [0.717, 1.165) is 37.7 Å². The Bertz CT molecular complexity index is 405. The van der Waals surface area contributed by atoms with Crippen LogP contribution in [0.5, 0.6) is 0 Å². The first-order chi connectivity index (χ1) is 8.74. The highest BCUT2D eigenvalue weighted by atomic mass is 32.1. The van der Waals surface area contributed by atoms with Gasteiger partial charge >= 0.3 is 0 Å². The zero-order chi connectivity index (χ0) is 13.0. The van der Waals surface area contributed by atoms with Gasteiger partial charge in [-0.15, -0.1) is 11.3 Å². The molecule has 1 aliphatic rings. The number of nitrogens with zero attached hydrogens (tertiary/aromatic N) is 1. The quantitative estimate of drug-likeness (QED) is 0.678. The number of ether oxygens (including phenoxy) is 1. The Morgan fingerprint density at radius 1 is 1.67 bits per heavy atom. The van der Waals surface area contributed by atoms with Crippen LogP contribution in [0.1, 0.15) is 29.8 Å². The monoisotopic (exact) mass is 284 g/mol. The Morgan fingerprint density at radius 3 is 3.28 bits per heavy atom. The van der Waals surface area contributed by atoms with Gasteiger partial charge < -0.3 is 15.0 Å². The maximum absolute atomic E-state index is 5.48. The van der Waals surface area contributed by atoms with Crippen molar-refractivity contribution in [1.82, 2.24) is 10.2 Å². The van der Waals surface area contributed by atoms with E-state index in [1.807, 2.05) is 11.3 Å². The zero-order valence-electron chi connectivity index (χ0n) is 10.9. The molecule has 0 fully saturated rings. The predicted molar refractivity (Wildman–Crippen MR) is 80.2 cm³/mol. The van der Waals surface area contributed by atoms with Gasteiger partial charge in [0, 0.05) is 31.7 Å². The van der Waals surface area contributed by atoms with E-state index in [2.05, 4.69) is 28.6 Å². The molecule has 1 unspecified atom stereocenters. The van der Waals surface area contributed by atoms with Crippen LogP contribution in [-0.2, 0) is 11.2 Å². The normalized spacial score (nSPS) is 18.6. The summed E-state index contributed by atoms with van der Waals surface area (Å²) < 4.78 is 5.03. The first-order valence-electron chi connectivity index (χ1n) is 6.33. The summed E-state index contributed by atoms with van der Waals surface area (Å²) in [6.45, 7) is 4.91. The van der Waals surface area contributed by atoms with Crippen molar-refractivity contribution in [2.75, 3.05) is 26.8 Å². The van der Waals surface area contributed by atoms with E-state index in [1.165, 1.54) is 10.4 Å². The first kappa shape index (κ1) is 13.8. The number of hydrogen-bond donors (Lipinski definition) is 1. The second-order valence-corrected chi connectivity index (χ2v) is 5.88. The topological polar surface area (TPSA) is 24.5 Å². The minimum Gasteiger partial charge on any atom is -0.385 e. The van der Waals surface area contributed by atoms with Crippen LogP contribution in [0.15, 0.2) is 11.4 Å². The molecule has 100 valence electrons. The molecular formula is C13H20N2OS2. The Kier molecular flexibility index (Phi) is 4.97. The number of thiocarbonyl (C=S) groups is 1. The van der Waals surface area contributed by atoms with Crippen molar-refractivity contribution in [2.24, 2.45) is 0 Å². The van der Waals surface area contributed by atoms with E-state index >= 15 is 0 Å². The Balaban J connectivity index is 1.88. The molecule has 0 bridgehead atoms. The van der Waals surface area contributed by atoms with Gasteiger partial charge in [-0.1, -0.05) is 0 Å². The molecule has 3 nitrogen and oxygen atoms in total. The molecule has 1 aliphatic heterocycles. The maximum atomic E-state index is 5.48. The average molecular weight is 284 g/mol. The standard InChI is InChI=1S/C13H20N2OS2/c1-10-11-5-9-18-12(11)4-7-15(10)13(17)14-6-3-8-16-2/h5,9-10H,3-4,6-8H2,1-2H3,(H,14,17). The Hall–Kier alpha value is -0.650. The van der Waals surface area contributed by atoms with Crippen molar-refractivity contribution < 1.29 is 4.74 Å². The second-order valence-electron chi connectivity index (χ2n) is 4.50. The molecule has 0 spiro atoms. The summed E-state index contributed by atoms with van der Waals surface area (Å²) in [6.07, 6.45) is 2.10. The fourth-order valence-corrected chi connectivity index (χ4v) is 3.61. The highest BCUT2D eigenvalue weighted by Gasteiger charge is 2.25. The number of fused-ring (bicyclic) bond motifs is 1. The number of methoxy groups -OCH3 is 1. The van der Waals surface area contributed by atoms with Crippen LogP contribution in [0.2, 0.25) is 0 Å². The van der Waals surface area contributed by atoms with Gasteiger partial charge in [-0.2, -0.15) is 0 Å². The van der Waals surface area contributed by atoms with E-state index in [-0.39, 0.29) is 0 Å². The molecule has 0 amide bonds. The summed E-state index contributed by atoms with van der Waals surface area (Å²) in [4.78, 5) is 3.80. The molecule has 2 rings (SSSR count). The average Bonchev–Trinajstić information content (AvgIpc) is 2.84. The van der Waals surface area contributed by atoms with Crippen molar-refractivity contribution in [2.45, 2.75) is 25.8 Å². The molecule has 0 saturated carbocycles. The largest absolute Gasteiger partial charge is 0.385 e. The highest BCUT2D eigenvalue weighted by Crippen LogP contribution is 2.32. The number of rotatable bonds is 4. The lowest BCUT2D eigenvalue weighted by Crippen LogP contribution is -2.44. The van der Waals surface area contributed by atoms with Crippen LogP contribution in [0, 0.1) is 0 Å². The summed E-state index contributed by atoms with van der Waals surface area (Å²) in [6, 6.07) is 2.62. The third-order valence-electron chi connectivity index (χ3n) is 3.34. The van der Waals surface area contributed by atoms with Crippen LogP contribution in [0.25, 0.3) is 0 Å². The summed E-state index contributed by atoms with van der Waals surface area (Å²) in [5, 5.41) is 6.37. The van der Waals surface area contributed by atoms with E-state index < -0.39 is 0 Å². The van der Waals surface area contributed by atoms with Gasteiger partial charge in [-0.05, 0) is 49.0 Å². The molecule has 2 heterocycles. The molecule has 1 aromatic rings.